The molecule has 0 spiro atoms. The Kier molecular flexibility index (Phi) is 6.42. The first-order valence-electron chi connectivity index (χ1n) is 10.7. The zero-order chi connectivity index (χ0) is 25.1. The molecule has 4 aliphatic rings. The van der Waals surface area contributed by atoms with E-state index in [1.54, 1.807) is 0 Å². The van der Waals surface area contributed by atoms with Crippen molar-refractivity contribution in [2.75, 3.05) is 0 Å². The lowest BCUT2D eigenvalue weighted by atomic mass is 9.55. The second-order valence-electron chi connectivity index (χ2n) is 8.94. The summed E-state index contributed by atoms with van der Waals surface area (Å²) in [5, 5.41) is 0. The predicted molar refractivity (Wildman–Crippen MR) is 106 cm³/mol. The van der Waals surface area contributed by atoms with E-state index in [0.29, 0.717) is 12.0 Å². The van der Waals surface area contributed by atoms with Crippen molar-refractivity contribution in [3.8, 4) is 0 Å². The van der Waals surface area contributed by atoms with Gasteiger partial charge in [-0.25, -0.2) is 0 Å². The molecule has 0 aromatic heterocycles. The van der Waals surface area contributed by atoms with Crippen molar-refractivity contribution in [3.05, 3.63) is 35.1 Å². The van der Waals surface area contributed by atoms with E-state index in [1.807, 2.05) is 0 Å². The van der Waals surface area contributed by atoms with Crippen LogP contribution in [0.15, 0.2) is 35.1 Å². The van der Waals surface area contributed by atoms with Crippen molar-refractivity contribution in [2.45, 2.75) is 62.1 Å². The van der Waals surface area contributed by atoms with Gasteiger partial charge in [-0.15, -0.1) is 0 Å². The van der Waals surface area contributed by atoms with E-state index < -0.39 is 43.3 Å². The zero-order valence-corrected chi connectivity index (χ0v) is 19.2. The molecule has 4 rings (SSSR count). The van der Waals surface area contributed by atoms with Crippen LogP contribution in [0, 0.1) is 23.7 Å². The molecule has 0 saturated heterocycles. The summed E-state index contributed by atoms with van der Waals surface area (Å²) in [5.41, 5.74) is -9.51. The van der Waals surface area contributed by atoms with Crippen molar-refractivity contribution >= 4 is 20.2 Å². The van der Waals surface area contributed by atoms with Crippen LogP contribution in [0.2, 0.25) is 0 Å². The lowest BCUT2D eigenvalue weighted by Gasteiger charge is -2.50. The molecular weight excluding hydrogens is 514 g/mol. The maximum absolute atomic E-state index is 12.8. The third-order valence-electron chi connectivity index (χ3n) is 6.98. The summed E-state index contributed by atoms with van der Waals surface area (Å²) in [6, 6.07) is 0. The highest BCUT2D eigenvalue weighted by molar-refractivity contribution is 7.87. The van der Waals surface area contributed by atoms with Crippen molar-refractivity contribution in [1.82, 2.24) is 0 Å². The van der Waals surface area contributed by atoms with Crippen molar-refractivity contribution < 1.29 is 51.5 Å². The molecule has 0 aliphatic heterocycles. The minimum atomic E-state index is -5.87. The molecule has 14 heteroatoms. The fourth-order valence-electron chi connectivity index (χ4n) is 5.68. The van der Waals surface area contributed by atoms with Gasteiger partial charge >= 0.3 is 31.3 Å². The van der Waals surface area contributed by atoms with Crippen molar-refractivity contribution in [1.29, 1.82) is 0 Å². The molecule has 0 aromatic rings. The Morgan fingerprint density at radius 2 is 1.50 bits per heavy atom. The maximum Gasteiger partial charge on any atom is 0.534 e. The van der Waals surface area contributed by atoms with E-state index in [4.69, 9.17) is 0 Å². The molecule has 1 fully saturated rings. The summed E-state index contributed by atoms with van der Waals surface area (Å²) in [6.45, 7) is 0. The Morgan fingerprint density at radius 1 is 0.824 bits per heavy atom. The zero-order valence-electron chi connectivity index (χ0n) is 17.6. The predicted octanol–water partition coefficient (Wildman–Crippen LogP) is 5.07. The second-order valence-corrected chi connectivity index (χ2v) is 12.0. The van der Waals surface area contributed by atoms with Crippen LogP contribution in [-0.2, 0) is 28.6 Å². The van der Waals surface area contributed by atoms with Gasteiger partial charge in [-0.2, -0.15) is 43.2 Å². The van der Waals surface area contributed by atoms with Crippen LogP contribution in [-0.4, -0.2) is 34.0 Å². The number of hydrogen-bond donors (Lipinski definition) is 0. The fraction of sp³-hybridized carbons (Fsp3) is 0.700. The number of alkyl halides is 6. The molecule has 1 saturated carbocycles. The van der Waals surface area contributed by atoms with Gasteiger partial charge in [0.25, 0.3) is 0 Å². The van der Waals surface area contributed by atoms with E-state index in [-0.39, 0.29) is 42.8 Å². The first kappa shape index (κ1) is 25.5. The SMILES string of the molecule is O=S(=O)(OC1=CCC2C3CCCC=C3C3CCC(OS(=O)(=O)C(F)(F)F)C=C3C2C1)C(F)(F)F. The summed E-state index contributed by atoms with van der Waals surface area (Å²) in [5.74, 6) is -1.11. The summed E-state index contributed by atoms with van der Waals surface area (Å²) >= 11 is 0. The van der Waals surface area contributed by atoms with Gasteiger partial charge in [0.1, 0.15) is 5.76 Å². The smallest absolute Gasteiger partial charge is 0.381 e. The average molecular weight is 537 g/mol. The van der Waals surface area contributed by atoms with Gasteiger partial charge in [0.2, 0.25) is 0 Å². The lowest BCUT2D eigenvalue weighted by molar-refractivity contribution is -0.0566. The van der Waals surface area contributed by atoms with Gasteiger partial charge in [-0.05, 0) is 62.4 Å². The third kappa shape index (κ3) is 4.64. The molecule has 192 valence electrons. The molecule has 0 aromatic carbocycles. The molecule has 5 unspecified atom stereocenters. The third-order valence-corrected chi connectivity index (χ3v) is 9.05. The van der Waals surface area contributed by atoms with Crippen LogP contribution >= 0.6 is 0 Å². The Balaban J connectivity index is 1.67. The van der Waals surface area contributed by atoms with E-state index >= 15 is 0 Å². The summed E-state index contributed by atoms with van der Waals surface area (Å²) in [7, 11) is -11.7. The van der Waals surface area contributed by atoms with Gasteiger partial charge in [0, 0.05) is 12.3 Å². The summed E-state index contributed by atoms with van der Waals surface area (Å²) < 4.78 is 132. The highest BCUT2D eigenvalue weighted by Crippen LogP contribution is 2.56. The van der Waals surface area contributed by atoms with E-state index in [2.05, 4.69) is 14.4 Å². The molecule has 4 aliphatic carbocycles. The number of rotatable bonds is 4. The Morgan fingerprint density at radius 3 is 2.15 bits per heavy atom. The summed E-state index contributed by atoms with van der Waals surface area (Å²) in [4.78, 5) is 0. The molecule has 6 nitrogen and oxygen atoms in total. The normalized spacial score (nSPS) is 32.4. The first-order chi connectivity index (χ1) is 15.6. The van der Waals surface area contributed by atoms with Crippen LogP contribution in [0.4, 0.5) is 26.3 Å². The second kappa shape index (κ2) is 8.54. The minimum absolute atomic E-state index is 0.0204. The highest BCUT2D eigenvalue weighted by atomic mass is 32.2. The first-order valence-corrected chi connectivity index (χ1v) is 13.5. The number of allylic oxidation sites excluding steroid dienone is 5. The fourth-order valence-corrected chi connectivity index (χ4v) is 6.78. The summed E-state index contributed by atoms with van der Waals surface area (Å²) in [6.07, 6.45) is 6.29. The molecule has 0 bridgehead atoms. The van der Waals surface area contributed by atoms with Crippen LogP contribution < -0.4 is 0 Å². The van der Waals surface area contributed by atoms with Gasteiger partial charge in [0.15, 0.2) is 0 Å². The average Bonchev–Trinajstić information content (AvgIpc) is 2.71. The molecule has 0 N–H and O–H groups in total. The van der Waals surface area contributed by atoms with Crippen molar-refractivity contribution in [2.24, 2.45) is 23.7 Å². The highest BCUT2D eigenvalue weighted by Gasteiger charge is 2.52. The molecule has 0 radical (unpaired) electrons. The van der Waals surface area contributed by atoms with Gasteiger partial charge in [-0.1, -0.05) is 23.3 Å². The minimum Gasteiger partial charge on any atom is -0.381 e. The molecule has 34 heavy (non-hydrogen) atoms. The van der Waals surface area contributed by atoms with Crippen LogP contribution in [0.5, 0.6) is 0 Å². The Bertz CT molecular complexity index is 1130. The van der Waals surface area contributed by atoms with Crippen LogP contribution in [0.1, 0.15) is 44.9 Å². The monoisotopic (exact) mass is 536 g/mol. The quantitative estimate of drug-likeness (QED) is 0.216. The molecule has 0 heterocycles. The Hall–Kier alpha value is -1.54. The maximum atomic E-state index is 12.8. The number of fused-ring (bicyclic) bond motifs is 6. The van der Waals surface area contributed by atoms with Gasteiger partial charge in [0.05, 0.1) is 6.10 Å². The van der Waals surface area contributed by atoms with Crippen molar-refractivity contribution in [3.63, 3.8) is 0 Å². The molecular formula is C20H22F6O6S2. The topological polar surface area (TPSA) is 86.7 Å². The molecule has 0 amide bonds. The van der Waals surface area contributed by atoms with E-state index in [9.17, 15) is 43.2 Å². The standard InChI is InChI=1S/C20H22F6O6S2/c21-19(22,23)33(27,28)31-11-5-7-15-13-3-1-2-4-14(13)16-8-6-12(10-18(16)17(15)9-11)32-34(29,30)20(24,25)26/h3,6,9,11,14-16,18H,1-2,4-5,7-8,10H2. The van der Waals surface area contributed by atoms with Crippen LogP contribution in [0.25, 0.3) is 0 Å². The Labute approximate surface area is 192 Å². The van der Waals surface area contributed by atoms with Gasteiger partial charge < -0.3 is 4.18 Å². The number of halogens is 6. The largest absolute Gasteiger partial charge is 0.534 e. The van der Waals surface area contributed by atoms with Gasteiger partial charge in [-0.3, -0.25) is 4.18 Å². The van der Waals surface area contributed by atoms with Crippen LogP contribution in [0.3, 0.4) is 0 Å². The lowest BCUT2D eigenvalue weighted by Crippen LogP contribution is -2.42. The van der Waals surface area contributed by atoms with E-state index in [0.717, 1.165) is 24.8 Å². The number of hydrogen-bond acceptors (Lipinski definition) is 6. The van der Waals surface area contributed by atoms with E-state index in [1.165, 1.54) is 12.2 Å². The molecule has 5 atom stereocenters.